The van der Waals surface area contributed by atoms with Crippen LogP contribution in [0.2, 0.25) is 0 Å². The lowest BCUT2D eigenvalue weighted by atomic mass is 10.3. The van der Waals surface area contributed by atoms with Crippen LogP contribution in [0.5, 0.6) is 11.5 Å². The Morgan fingerprint density at radius 1 is 1.53 bits per heavy atom. The van der Waals surface area contributed by atoms with Crippen LogP contribution in [0.25, 0.3) is 0 Å². The number of hydrogen-bond donors (Lipinski definition) is 1. The molecule has 0 bridgehead atoms. The number of nitro benzene ring substituents is 1. The highest BCUT2D eigenvalue weighted by molar-refractivity contribution is 5.47. The maximum atomic E-state index is 10.5. The number of benzene rings is 1. The molecule has 1 aromatic rings. The van der Waals surface area contributed by atoms with Gasteiger partial charge in [-0.25, -0.2) is 0 Å². The molecule has 0 atom stereocenters. The fraction of sp³-hybridized carbons (Fsp3) is 0.400. The first-order valence-corrected chi connectivity index (χ1v) is 4.75. The minimum absolute atomic E-state index is 0.0725. The molecule has 15 heavy (non-hydrogen) atoms. The molecular weight excluding hydrogens is 198 g/mol. The average Bonchev–Trinajstić information content (AvgIpc) is 2.20. The Bertz CT molecular complexity index is 351. The molecule has 0 heterocycles. The first-order valence-electron chi connectivity index (χ1n) is 4.75. The van der Waals surface area contributed by atoms with Crippen LogP contribution >= 0.6 is 0 Å². The summed E-state index contributed by atoms with van der Waals surface area (Å²) in [7, 11) is 0. The van der Waals surface area contributed by atoms with Crippen molar-refractivity contribution < 1.29 is 14.8 Å². The predicted octanol–water partition coefficient (Wildman–Crippen LogP) is 2.48. The van der Waals surface area contributed by atoms with Crippen molar-refractivity contribution >= 4 is 5.69 Å². The van der Waals surface area contributed by atoms with Gasteiger partial charge in [0.05, 0.1) is 17.6 Å². The van der Waals surface area contributed by atoms with E-state index in [0.29, 0.717) is 6.61 Å². The van der Waals surface area contributed by atoms with Crippen LogP contribution in [0.4, 0.5) is 5.69 Å². The molecule has 1 rings (SSSR count). The summed E-state index contributed by atoms with van der Waals surface area (Å²) < 4.78 is 5.21. The van der Waals surface area contributed by atoms with Gasteiger partial charge < -0.3 is 9.84 Å². The Balaban J connectivity index is 2.76. The number of non-ortho nitro benzene ring substituents is 1. The highest BCUT2D eigenvalue weighted by Gasteiger charge is 2.10. The third-order valence-electron chi connectivity index (χ3n) is 1.91. The van der Waals surface area contributed by atoms with Gasteiger partial charge in [-0.3, -0.25) is 10.1 Å². The first-order chi connectivity index (χ1) is 7.15. The van der Waals surface area contributed by atoms with Crippen molar-refractivity contribution in [3.05, 3.63) is 28.3 Å². The SMILES string of the molecule is CCCCOc1cc([N+](=O)[O-])ccc1O. The molecule has 82 valence electrons. The topological polar surface area (TPSA) is 72.6 Å². The van der Waals surface area contributed by atoms with Gasteiger partial charge in [-0.2, -0.15) is 0 Å². The molecule has 0 aromatic heterocycles. The molecule has 0 aliphatic heterocycles. The lowest BCUT2D eigenvalue weighted by Crippen LogP contribution is -1.97. The van der Waals surface area contributed by atoms with E-state index < -0.39 is 4.92 Å². The minimum Gasteiger partial charge on any atom is -0.504 e. The molecule has 0 fully saturated rings. The van der Waals surface area contributed by atoms with Gasteiger partial charge in [0.1, 0.15) is 0 Å². The third kappa shape index (κ3) is 3.12. The summed E-state index contributed by atoms with van der Waals surface area (Å²) in [6, 6.07) is 3.73. The fourth-order valence-electron chi connectivity index (χ4n) is 1.06. The maximum Gasteiger partial charge on any atom is 0.273 e. The van der Waals surface area contributed by atoms with Gasteiger partial charge in [-0.15, -0.1) is 0 Å². The Morgan fingerprint density at radius 3 is 2.87 bits per heavy atom. The highest BCUT2D eigenvalue weighted by atomic mass is 16.6. The monoisotopic (exact) mass is 211 g/mol. The Morgan fingerprint density at radius 2 is 2.27 bits per heavy atom. The molecule has 0 aliphatic rings. The zero-order chi connectivity index (χ0) is 11.3. The smallest absolute Gasteiger partial charge is 0.273 e. The summed E-state index contributed by atoms with van der Waals surface area (Å²) in [5.41, 5.74) is -0.0840. The van der Waals surface area contributed by atoms with Crippen molar-refractivity contribution in [2.24, 2.45) is 0 Å². The van der Waals surface area contributed by atoms with E-state index in [1.165, 1.54) is 18.2 Å². The second kappa shape index (κ2) is 5.19. The molecule has 1 N–H and O–H groups in total. The number of nitrogens with zero attached hydrogens (tertiary/aromatic N) is 1. The summed E-state index contributed by atoms with van der Waals surface area (Å²) in [5, 5.41) is 19.8. The number of phenolic OH excluding ortho intramolecular Hbond substituents is 1. The number of nitro groups is 1. The van der Waals surface area contributed by atoms with Crippen molar-refractivity contribution in [3.63, 3.8) is 0 Å². The second-order valence-electron chi connectivity index (χ2n) is 3.11. The molecule has 0 amide bonds. The van der Waals surface area contributed by atoms with Gasteiger partial charge in [-0.05, 0) is 12.5 Å². The average molecular weight is 211 g/mol. The molecule has 1 aromatic carbocycles. The van der Waals surface area contributed by atoms with E-state index in [1.807, 2.05) is 6.92 Å². The molecule has 0 saturated carbocycles. The quantitative estimate of drug-likeness (QED) is 0.461. The molecule has 0 aliphatic carbocycles. The number of unbranched alkanes of at least 4 members (excludes halogenated alkanes) is 1. The normalized spacial score (nSPS) is 9.93. The largest absolute Gasteiger partial charge is 0.504 e. The van der Waals surface area contributed by atoms with Crippen molar-refractivity contribution in [2.45, 2.75) is 19.8 Å². The van der Waals surface area contributed by atoms with Crippen LogP contribution in [0, 0.1) is 10.1 Å². The third-order valence-corrected chi connectivity index (χ3v) is 1.91. The maximum absolute atomic E-state index is 10.5. The van der Waals surface area contributed by atoms with E-state index in [1.54, 1.807) is 0 Å². The Hall–Kier alpha value is -1.78. The van der Waals surface area contributed by atoms with Gasteiger partial charge in [0.2, 0.25) is 0 Å². The van der Waals surface area contributed by atoms with Crippen LogP contribution in [0.3, 0.4) is 0 Å². The van der Waals surface area contributed by atoms with Crippen molar-refractivity contribution in [1.82, 2.24) is 0 Å². The molecule has 0 spiro atoms. The van der Waals surface area contributed by atoms with Gasteiger partial charge in [0, 0.05) is 6.07 Å². The van der Waals surface area contributed by atoms with Gasteiger partial charge in [0.15, 0.2) is 11.5 Å². The van der Waals surface area contributed by atoms with E-state index >= 15 is 0 Å². The van der Waals surface area contributed by atoms with Crippen LogP contribution in [-0.4, -0.2) is 16.6 Å². The van der Waals surface area contributed by atoms with E-state index in [0.717, 1.165) is 12.8 Å². The fourth-order valence-corrected chi connectivity index (χ4v) is 1.06. The number of hydrogen-bond acceptors (Lipinski definition) is 4. The van der Waals surface area contributed by atoms with Crippen molar-refractivity contribution in [3.8, 4) is 11.5 Å². The van der Waals surface area contributed by atoms with Crippen LogP contribution in [0.15, 0.2) is 18.2 Å². The summed E-state index contributed by atoms with van der Waals surface area (Å²) in [5.74, 6) is 0.0920. The Kier molecular flexibility index (Phi) is 3.91. The van der Waals surface area contributed by atoms with Gasteiger partial charge in [0.25, 0.3) is 5.69 Å². The molecule has 5 nitrogen and oxygen atoms in total. The minimum atomic E-state index is -0.522. The number of rotatable bonds is 5. The number of phenols is 1. The lowest BCUT2D eigenvalue weighted by molar-refractivity contribution is -0.385. The molecule has 0 radical (unpaired) electrons. The van der Waals surface area contributed by atoms with Crippen molar-refractivity contribution in [1.29, 1.82) is 0 Å². The molecule has 5 heteroatoms. The van der Waals surface area contributed by atoms with Gasteiger partial charge >= 0.3 is 0 Å². The zero-order valence-electron chi connectivity index (χ0n) is 8.47. The molecule has 0 unspecified atom stereocenters. The van der Waals surface area contributed by atoms with Crippen LogP contribution in [0.1, 0.15) is 19.8 Å². The molecular formula is C10H13NO4. The van der Waals surface area contributed by atoms with E-state index in [4.69, 9.17) is 4.74 Å². The van der Waals surface area contributed by atoms with Crippen LogP contribution < -0.4 is 4.74 Å². The first kappa shape index (κ1) is 11.3. The Labute approximate surface area is 87.5 Å². The standard InChI is InChI=1S/C10H13NO4/c1-2-3-6-15-10-7-8(11(13)14)4-5-9(10)12/h4-5,7,12H,2-3,6H2,1H3. The number of aromatic hydroxyl groups is 1. The summed E-state index contributed by atoms with van der Waals surface area (Å²) in [6.45, 7) is 2.46. The summed E-state index contributed by atoms with van der Waals surface area (Å²) >= 11 is 0. The summed E-state index contributed by atoms with van der Waals surface area (Å²) in [6.07, 6.45) is 1.82. The lowest BCUT2D eigenvalue weighted by Gasteiger charge is -2.06. The van der Waals surface area contributed by atoms with E-state index in [2.05, 4.69) is 0 Å². The van der Waals surface area contributed by atoms with Crippen molar-refractivity contribution in [2.75, 3.05) is 6.61 Å². The van der Waals surface area contributed by atoms with Crippen LogP contribution in [-0.2, 0) is 0 Å². The highest BCUT2D eigenvalue weighted by Crippen LogP contribution is 2.30. The predicted molar refractivity (Wildman–Crippen MR) is 55.2 cm³/mol. The zero-order valence-corrected chi connectivity index (χ0v) is 8.47. The molecule has 0 saturated heterocycles. The van der Waals surface area contributed by atoms with E-state index in [9.17, 15) is 15.2 Å². The number of ether oxygens (including phenoxy) is 1. The summed E-state index contributed by atoms with van der Waals surface area (Å²) in [4.78, 5) is 9.94. The van der Waals surface area contributed by atoms with Gasteiger partial charge in [-0.1, -0.05) is 13.3 Å². The van der Waals surface area contributed by atoms with E-state index in [-0.39, 0.29) is 17.2 Å². The second-order valence-corrected chi connectivity index (χ2v) is 3.11.